The van der Waals surface area contributed by atoms with Gasteiger partial charge in [-0.1, -0.05) is 24.6 Å². The van der Waals surface area contributed by atoms with Crippen molar-refractivity contribution in [3.8, 4) is 0 Å². The Labute approximate surface area is 172 Å². The number of piperazine rings is 1. The molecular formula is C24H28N4O. The summed E-state index contributed by atoms with van der Waals surface area (Å²) in [6.07, 6.45) is 0. The van der Waals surface area contributed by atoms with Crippen molar-refractivity contribution < 1.29 is 4.79 Å². The van der Waals surface area contributed by atoms with Crippen LogP contribution in [0.3, 0.4) is 0 Å². The van der Waals surface area contributed by atoms with Crippen LogP contribution in [0.5, 0.6) is 0 Å². The average Bonchev–Trinajstić information content (AvgIpc) is 2.74. The van der Waals surface area contributed by atoms with Gasteiger partial charge in [0.25, 0.3) is 5.91 Å². The fraction of sp³-hybridized carbons (Fsp3) is 0.333. The summed E-state index contributed by atoms with van der Waals surface area (Å²) in [6, 6.07) is 15.7. The molecule has 2 heterocycles. The highest BCUT2D eigenvalue weighted by Crippen LogP contribution is 2.26. The van der Waals surface area contributed by atoms with Gasteiger partial charge in [-0.05, 0) is 62.4 Å². The lowest BCUT2D eigenvalue weighted by atomic mass is 10.1. The van der Waals surface area contributed by atoms with Gasteiger partial charge in [0.15, 0.2) is 0 Å². The van der Waals surface area contributed by atoms with Gasteiger partial charge in [0.1, 0.15) is 5.82 Å². The standard InChI is InChI=1S/C24H28N4O/c1-4-27-10-12-28(13-11-27)23-15-18(3)21-16-20(8-9-22(21)26-23)25-24(29)19-7-5-6-17(2)14-19/h5-9,14-16H,4,10-13H2,1-3H3,(H,25,29). The number of carbonyl (C=O) groups excluding carboxylic acids is 1. The molecule has 1 fully saturated rings. The van der Waals surface area contributed by atoms with Crippen molar-refractivity contribution in [1.82, 2.24) is 9.88 Å². The van der Waals surface area contributed by atoms with E-state index in [1.807, 2.05) is 49.4 Å². The van der Waals surface area contributed by atoms with Crippen molar-refractivity contribution in [1.29, 1.82) is 0 Å². The number of rotatable bonds is 4. The molecule has 0 radical (unpaired) electrons. The molecule has 5 heteroatoms. The summed E-state index contributed by atoms with van der Waals surface area (Å²) in [5, 5.41) is 4.08. The van der Waals surface area contributed by atoms with Crippen LogP contribution in [0, 0.1) is 13.8 Å². The second kappa shape index (κ2) is 8.21. The molecule has 0 aliphatic carbocycles. The van der Waals surface area contributed by atoms with Crippen LogP contribution >= 0.6 is 0 Å². The van der Waals surface area contributed by atoms with E-state index in [2.05, 4.69) is 35.0 Å². The van der Waals surface area contributed by atoms with Gasteiger partial charge in [0.2, 0.25) is 0 Å². The van der Waals surface area contributed by atoms with Gasteiger partial charge in [-0.2, -0.15) is 0 Å². The van der Waals surface area contributed by atoms with Crippen molar-refractivity contribution in [2.75, 3.05) is 42.9 Å². The van der Waals surface area contributed by atoms with Crippen molar-refractivity contribution in [3.05, 3.63) is 65.2 Å². The zero-order chi connectivity index (χ0) is 20.4. The van der Waals surface area contributed by atoms with E-state index < -0.39 is 0 Å². The molecule has 1 N–H and O–H groups in total. The van der Waals surface area contributed by atoms with E-state index in [1.54, 1.807) is 0 Å². The van der Waals surface area contributed by atoms with Crippen LogP contribution in [-0.2, 0) is 0 Å². The van der Waals surface area contributed by atoms with E-state index in [-0.39, 0.29) is 5.91 Å². The molecule has 0 saturated carbocycles. The molecular weight excluding hydrogens is 360 g/mol. The van der Waals surface area contributed by atoms with Crippen LogP contribution in [-0.4, -0.2) is 48.5 Å². The van der Waals surface area contributed by atoms with Gasteiger partial charge in [0, 0.05) is 42.8 Å². The zero-order valence-corrected chi connectivity index (χ0v) is 17.4. The first-order valence-corrected chi connectivity index (χ1v) is 10.3. The number of anilines is 2. The van der Waals surface area contributed by atoms with Crippen LogP contribution < -0.4 is 10.2 Å². The number of nitrogens with one attached hydrogen (secondary N) is 1. The van der Waals surface area contributed by atoms with E-state index in [9.17, 15) is 4.79 Å². The van der Waals surface area contributed by atoms with Crippen LogP contribution in [0.2, 0.25) is 0 Å². The van der Waals surface area contributed by atoms with Gasteiger partial charge < -0.3 is 15.1 Å². The summed E-state index contributed by atoms with van der Waals surface area (Å²) in [5.41, 5.74) is 4.67. The summed E-state index contributed by atoms with van der Waals surface area (Å²) in [5.74, 6) is 0.950. The van der Waals surface area contributed by atoms with Gasteiger partial charge >= 0.3 is 0 Å². The Morgan fingerprint density at radius 3 is 2.55 bits per heavy atom. The highest BCUT2D eigenvalue weighted by Gasteiger charge is 2.18. The first-order valence-electron chi connectivity index (χ1n) is 10.3. The van der Waals surface area contributed by atoms with Crippen LogP contribution in [0.1, 0.15) is 28.4 Å². The molecule has 5 nitrogen and oxygen atoms in total. The summed E-state index contributed by atoms with van der Waals surface area (Å²) in [7, 11) is 0. The number of fused-ring (bicyclic) bond motifs is 1. The molecule has 0 unspecified atom stereocenters. The molecule has 4 rings (SSSR count). The van der Waals surface area contributed by atoms with Crippen molar-refractivity contribution in [2.24, 2.45) is 0 Å². The minimum absolute atomic E-state index is 0.0934. The zero-order valence-electron chi connectivity index (χ0n) is 17.4. The molecule has 1 aliphatic rings. The van der Waals surface area contributed by atoms with E-state index in [0.29, 0.717) is 5.56 Å². The number of amides is 1. The second-order valence-electron chi connectivity index (χ2n) is 7.77. The van der Waals surface area contributed by atoms with Gasteiger partial charge in [-0.3, -0.25) is 4.79 Å². The Morgan fingerprint density at radius 1 is 1.03 bits per heavy atom. The maximum Gasteiger partial charge on any atom is 0.255 e. The van der Waals surface area contributed by atoms with E-state index in [0.717, 1.165) is 60.7 Å². The summed E-state index contributed by atoms with van der Waals surface area (Å²) >= 11 is 0. The molecule has 29 heavy (non-hydrogen) atoms. The van der Waals surface area contributed by atoms with Crippen molar-refractivity contribution in [2.45, 2.75) is 20.8 Å². The van der Waals surface area contributed by atoms with E-state index in [1.165, 1.54) is 5.56 Å². The maximum atomic E-state index is 12.6. The fourth-order valence-corrected chi connectivity index (χ4v) is 3.90. The number of nitrogens with zero attached hydrogens (tertiary/aromatic N) is 3. The minimum Gasteiger partial charge on any atom is -0.354 e. The largest absolute Gasteiger partial charge is 0.354 e. The van der Waals surface area contributed by atoms with Crippen LogP contribution in [0.25, 0.3) is 10.9 Å². The number of pyridine rings is 1. The molecule has 1 aliphatic heterocycles. The Hall–Kier alpha value is -2.92. The third-order valence-corrected chi connectivity index (χ3v) is 5.68. The van der Waals surface area contributed by atoms with Crippen molar-refractivity contribution >= 4 is 28.3 Å². The number of likely N-dealkylation sites (N-methyl/N-ethyl adjacent to an activating group) is 1. The lowest BCUT2D eigenvalue weighted by molar-refractivity contribution is 0.102. The summed E-state index contributed by atoms with van der Waals surface area (Å²) in [6.45, 7) is 11.6. The predicted molar refractivity (Wildman–Crippen MR) is 120 cm³/mol. The quantitative estimate of drug-likeness (QED) is 0.726. The Morgan fingerprint density at radius 2 is 1.83 bits per heavy atom. The topological polar surface area (TPSA) is 48.5 Å². The monoisotopic (exact) mass is 388 g/mol. The van der Waals surface area contributed by atoms with E-state index in [4.69, 9.17) is 4.98 Å². The summed E-state index contributed by atoms with van der Waals surface area (Å²) in [4.78, 5) is 22.3. The summed E-state index contributed by atoms with van der Waals surface area (Å²) < 4.78 is 0. The molecule has 3 aromatic rings. The molecule has 1 aromatic heterocycles. The number of aryl methyl sites for hydroxylation is 2. The predicted octanol–water partition coefficient (Wildman–Crippen LogP) is 4.25. The number of benzene rings is 2. The van der Waals surface area contributed by atoms with Crippen LogP contribution in [0.4, 0.5) is 11.5 Å². The first kappa shape index (κ1) is 19.4. The number of carbonyl (C=O) groups is 1. The Kier molecular flexibility index (Phi) is 5.49. The molecule has 1 amide bonds. The molecule has 0 bridgehead atoms. The van der Waals surface area contributed by atoms with Crippen molar-refractivity contribution in [3.63, 3.8) is 0 Å². The molecule has 2 aromatic carbocycles. The third-order valence-electron chi connectivity index (χ3n) is 5.68. The van der Waals surface area contributed by atoms with Gasteiger partial charge in [-0.15, -0.1) is 0 Å². The van der Waals surface area contributed by atoms with Gasteiger partial charge in [-0.25, -0.2) is 4.98 Å². The first-order chi connectivity index (χ1) is 14.0. The maximum absolute atomic E-state index is 12.6. The van der Waals surface area contributed by atoms with E-state index >= 15 is 0 Å². The third kappa shape index (κ3) is 4.25. The number of hydrogen-bond donors (Lipinski definition) is 1. The Bertz CT molecular complexity index is 1040. The molecule has 1 saturated heterocycles. The molecule has 0 spiro atoms. The van der Waals surface area contributed by atoms with Crippen LogP contribution in [0.15, 0.2) is 48.5 Å². The highest BCUT2D eigenvalue weighted by atomic mass is 16.1. The average molecular weight is 389 g/mol. The highest BCUT2D eigenvalue weighted by molar-refractivity contribution is 6.05. The molecule has 0 atom stereocenters. The molecule has 150 valence electrons. The SMILES string of the molecule is CCN1CCN(c2cc(C)c3cc(NC(=O)c4cccc(C)c4)ccc3n2)CC1. The fourth-order valence-electron chi connectivity index (χ4n) is 3.90. The normalized spacial score (nSPS) is 14.9. The Balaban J connectivity index is 1.55. The second-order valence-corrected chi connectivity index (χ2v) is 7.77. The minimum atomic E-state index is -0.0934. The lowest BCUT2D eigenvalue weighted by Gasteiger charge is -2.35. The van der Waals surface area contributed by atoms with Gasteiger partial charge in [0.05, 0.1) is 5.52 Å². The smallest absolute Gasteiger partial charge is 0.255 e. The lowest BCUT2D eigenvalue weighted by Crippen LogP contribution is -2.46. The number of hydrogen-bond acceptors (Lipinski definition) is 4. The number of aromatic nitrogens is 1.